The molecule has 1 rings (SSSR count). The van der Waals surface area contributed by atoms with Gasteiger partial charge in [-0.2, -0.15) is 0 Å². The van der Waals surface area contributed by atoms with Gasteiger partial charge in [-0.15, -0.1) is 10.2 Å². The van der Waals surface area contributed by atoms with Crippen molar-refractivity contribution >= 4 is 36.1 Å². The van der Waals surface area contributed by atoms with Crippen LogP contribution in [0.3, 0.4) is 0 Å². The Morgan fingerprint density at radius 3 is 2.92 bits per heavy atom. The Labute approximate surface area is 86.5 Å². The topological polar surface area (TPSA) is 50.7 Å². The lowest BCUT2D eigenvalue weighted by molar-refractivity contribution is 0.958. The van der Waals surface area contributed by atoms with Crippen LogP contribution in [0.5, 0.6) is 0 Å². The van der Waals surface area contributed by atoms with Crippen LogP contribution in [0.25, 0.3) is 0 Å². The van der Waals surface area contributed by atoms with Crippen molar-refractivity contribution < 1.29 is 0 Å². The van der Waals surface area contributed by atoms with Gasteiger partial charge in [-0.1, -0.05) is 0 Å². The Balaban J connectivity index is 2.78. The predicted octanol–water partition coefficient (Wildman–Crippen LogP) is 1.31. The molecule has 12 heavy (non-hydrogen) atoms. The number of nitrogens with zero attached hydrogens (tertiary/aromatic N) is 3. The largest absolute Gasteiger partial charge is 0.356 e. The molecule has 1 aromatic rings. The lowest BCUT2D eigenvalue weighted by Crippen LogP contribution is -1.98. The van der Waals surface area contributed by atoms with Crippen LogP contribution in [0.2, 0.25) is 0 Å². The zero-order valence-electron chi connectivity index (χ0n) is 6.21. The summed E-state index contributed by atoms with van der Waals surface area (Å²) < 4.78 is 0. The van der Waals surface area contributed by atoms with Crippen LogP contribution in [-0.4, -0.2) is 22.2 Å². The van der Waals surface area contributed by atoms with Crippen molar-refractivity contribution in [1.82, 2.24) is 15.2 Å². The molecule has 0 fully saturated rings. The minimum absolute atomic E-state index is 0.502. The van der Waals surface area contributed by atoms with E-state index in [1.165, 1.54) is 8.93 Å². The normalized spacial score (nSPS) is 8.50. The highest BCUT2D eigenvalue weighted by atomic mass is 127. The minimum atomic E-state index is 0.502. The molecule has 0 aliphatic carbocycles. The number of nitrogens with one attached hydrogen (secondary N) is 1. The zero-order valence-corrected chi connectivity index (χ0v) is 9.18. The summed E-state index contributed by atoms with van der Waals surface area (Å²) >= 11 is 2.09. The Morgan fingerprint density at radius 2 is 2.42 bits per heavy atom. The van der Waals surface area contributed by atoms with Gasteiger partial charge in [0.2, 0.25) is 5.95 Å². The Morgan fingerprint density at radius 1 is 1.58 bits per heavy atom. The second-order valence-corrected chi connectivity index (χ2v) is 3.40. The van der Waals surface area contributed by atoms with Crippen molar-refractivity contribution in [1.29, 1.82) is 0 Å². The van der Waals surface area contributed by atoms with Gasteiger partial charge in [-0.25, -0.2) is 4.98 Å². The lowest BCUT2D eigenvalue weighted by atomic mass is 10.5. The summed E-state index contributed by atoms with van der Waals surface area (Å²) in [6.07, 6.45) is 1.58. The molecular formula is C6H5IN4S. The Hall–Kier alpha value is -0.550. The summed E-state index contributed by atoms with van der Waals surface area (Å²) in [4.78, 5) is 3.95. The summed E-state index contributed by atoms with van der Waals surface area (Å²) in [5.74, 6) is 3.29. The fourth-order valence-electron chi connectivity index (χ4n) is 0.519. The van der Waals surface area contributed by atoms with Gasteiger partial charge >= 0.3 is 0 Å². The first kappa shape index (κ1) is 9.54. The average molecular weight is 292 g/mol. The summed E-state index contributed by atoms with van der Waals surface area (Å²) in [7, 11) is 3.14. The number of hydrogen-bond donors (Lipinski definition) is 1. The van der Waals surface area contributed by atoms with Gasteiger partial charge in [-0.05, 0) is 20.1 Å². The van der Waals surface area contributed by atoms with Crippen molar-refractivity contribution in [2.75, 3.05) is 12.4 Å². The number of anilines is 1. The second-order valence-electron chi connectivity index (χ2n) is 1.72. The average Bonchev–Trinajstić information content (AvgIpc) is 2.15. The van der Waals surface area contributed by atoms with E-state index in [9.17, 15) is 0 Å². The maximum absolute atomic E-state index is 3.95. The molecular weight excluding hydrogens is 287 g/mol. The van der Waals surface area contributed by atoms with Gasteiger partial charge in [0.1, 0.15) is 0 Å². The Bertz CT molecular complexity index is 302. The highest BCUT2D eigenvalue weighted by molar-refractivity contribution is 14.2. The van der Waals surface area contributed by atoms with E-state index in [2.05, 4.69) is 52.9 Å². The van der Waals surface area contributed by atoms with Gasteiger partial charge in [0, 0.05) is 28.3 Å². The molecule has 0 saturated heterocycles. The third kappa shape index (κ3) is 2.83. The molecule has 0 atom stereocenters. The number of hydrogen-bond acceptors (Lipinski definition) is 5. The standard InChI is InChI=1S/C6H5IN4S/c1-8-6-9-4-5(10-11-6)2-3-12-7/h4H,1H3,(H,8,9,11). The summed E-state index contributed by atoms with van der Waals surface area (Å²) in [5, 5.41) is 13.1. The van der Waals surface area contributed by atoms with Crippen molar-refractivity contribution in [2.24, 2.45) is 0 Å². The van der Waals surface area contributed by atoms with E-state index in [1.54, 1.807) is 13.2 Å². The molecule has 0 saturated carbocycles. The van der Waals surface area contributed by atoms with Gasteiger partial charge in [-0.3, -0.25) is 0 Å². The number of aromatic nitrogens is 3. The highest BCUT2D eigenvalue weighted by Gasteiger charge is 1.92. The van der Waals surface area contributed by atoms with Crippen LogP contribution in [0.1, 0.15) is 5.69 Å². The van der Waals surface area contributed by atoms with Crippen LogP contribution in [0.15, 0.2) is 6.20 Å². The van der Waals surface area contributed by atoms with Gasteiger partial charge in [0.15, 0.2) is 5.69 Å². The molecule has 0 aliphatic heterocycles. The third-order valence-electron chi connectivity index (χ3n) is 1.00. The predicted molar refractivity (Wildman–Crippen MR) is 57.9 cm³/mol. The number of halogens is 1. The summed E-state index contributed by atoms with van der Waals surface area (Å²) in [5.41, 5.74) is 0.582. The van der Waals surface area contributed by atoms with E-state index in [0.29, 0.717) is 11.6 Å². The Kier molecular flexibility index (Phi) is 4.10. The van der Waals surface area contributed by atoms with Gasteiger partial charge < -0.3 is 5.32 Å². The van der Waals surface area contributed by atoms with E-state index in [1.807, 2.05) is 0 Å². The molecule has 0 unspecified atom stereocenters. The zero-order chi connectivity index (χ0) is 8.81. The first-order chi connectivity index (χ1) is 5.86. The quantitative estimate of drug-likeness (QED) is 0.624. The van der Waals surface area contributed by atoms with Crippen LogP contribution in [0, 0.1) is 11.2 Å². The molecule has 62 valence electrons. The maximum Gasteiger partial charge on any atom is 0.242 e. The molecule has 4 nitrogen and oxygen atoms in total. The molecule has 0 aromatic carbocycles. The third-order valence-corrected chi connectivity index (χ3v) is 1.84. The van der Waals surface area contributed by atoms with Crippen molar-refractivity contribution in [3.05, 3.63) is 11.9 Å². The van der Waals surface area contributed by atoms with E-state index >= 15 is 0 Å². The first-order valence-electron chi connectivity index (χ1n) is 3.03. The minimum Gasteiger partial charge on any atom is -0.356 e. The number of rotatable bonds is 1. The fraction of sp³-hybridized carbons (Fsp3) is 0.167. The summed E-state index contributed by atoms with van der Waals surface area (Å²) in [6.45, 7) is 0. The SMILES string of the molecule is CNc1ncc(C#CSI)nn1. The molecule has 0 bridgehead atoms. The monoisotopic (exact) mass is 292 g/mol. The molecule has 6 heteroatoms. The summed E-state index contributed by atoms with van der Waals surface area (Å²) in [6, 6.07) is 0. The smallest absolute Gasteiger partial charge is 0.242 e. The maximum atomic E-state index is 3.95. The van der Waals surface area contributed by atoms with Crippen LogP contribution < -0.4 is 5.32 Å². The fourth-order valence-corrected chi connectivity index (χ4v) is 0.992. The van der Waals surface area contributed by atoms with E-state index in [0.717, 1.165) is 0 Å². The molecule has 1 aromatic heterocycles. The van der Waals surface area contributed by atoms with Crippen molar-refractivity contribution in [3.63, 3.8) is 0 Å². The van der Waals surface area contributed by atoms with E-state index in [4.69, 9.17) is 0 Å². The molecule has 0 spiro atoms. The molecule has 0 radical (unpaired) electrons. The van der Waals surface area contributed by atoms with Crippen LogP contribution in [-0.2, 0) is 0 Å². The first-order valence-corrected chi connectivity index (χ1v) is 6.39. The molecule has 0 amide bonds. The van der Waals surface area contributed by atoms with Gasteiger partial charge in [0.25, 0.3) is 0 Å². The van der Waals surface area contributed by atoms with E-state index < -0.39 is 0 Å². The molecule has 1 heterocycles. The second kappa shape index (κ2) is 5.16. The molecule has 1 N–H and O–H groups in total. The molecule has 0 aliphatic rings. The van der Waals surface area contributed by atoms with E-state index in [-0.39, 0.29) is 0 Å². The van der Waals surface area contributed by atoms with Crippen molar-refractivity contribution in [3.8, 4) is 11.2 Å². The van der Waals surface area contributed by atoms with Crippen LogP contribution >= 0.6 is 30.1 Å². The lowest BCUT2D eigenvalue weighted by Gasteiger charge is -1.93. The van der Waals surface area contributed by atoms with Crippen LogP contribution in [0.4, 0.5) is 5.95 Å². The van der Waals surface area contributed by atoms with Gasteiger partial charge in [0.05, 0.1) is 6.20 Å². The highest BCUT2D eigenvalue weighted by Crippen LogP contribution is 2.07. The van der Waals surface area contributed by atoms with Crippen molar-refractivity contribution in [2.45, 2.75) is 0 Å².